The summed E-state index contributed by atoms with van der Waals surface area (Å²) in [5.74, 6) is -0.221. The van der Waals surface area contributed by atoms with Gasteiger partial charge < -0.3 is 9.22 Å². The molecule has 0 bridgehead atoms. The number of hydroxylamine groups is 2. The summed E-state index contributed by atoms with van der Waals surface area (Å²) in [6.45, 7) is 10.9. The monoisotopic (exact) mass is 840 g/mol. The van der Waals surface area contributed by atoms with Gasteiger partial charge in [-0.1, -0.05) is 220 Å². The summed E-state index contributed by atoms with van der Waals surface area (Å²) in [5, 5.41) is 1.84. The normalized spacial score (nSPS) is 13.4. The Morgan fingerprint density at radius 2 is 0.864 bits per heavy atom. The molecule has 0 spiro atoms. The summed E-state index contributed by atoms with van der Waals surface area (Å²) in [4.78, 5) is 32.9. The number of esters is 1. The fraction of sp³-hybridized carbons (Fsp3) is 0.962. The van der Waals surface area contributed by atoms with Gasteiger partial charge in [0.2, 0.25) is 5.91 Å². The first-order valence-corrected chi connectivity index (χ1v) is 26.2. The lowest BCUT2D eigenvalue weighted by Gasteiger charge is -2.32. The van der Waals surface area contributed by atoms with Gasteiger partial charge in [-0.15, -0.1) is 0 Å². The van der Waals surface area contributed by atoms with E-state index in [0.29, 0.717) is 26.1 Å². The van der Waals surface area contributed by atoms with Gasteiger partial charge in [0, 0.05) is 12.8 Å². The van der Waals surface area contributed by atoms with Crippen molar-refractivity contribution < 1.29 is 28.0 Å². The third kappa shape index (κ3) is 38.2. The van der Waals surface area contributed by atoms with Gasteiger partial charge in [0.25, 0.3) is 0 Å². The predicted molar refractivity (Wildman–Crippen MR) is 252 cm³/mol. The molecule has 0 heterocycles. The second-order valence-electron chi connectivity index (χ2n) is 19.4. The Hall–Kier alpha value is -1.21. The van der Waals surface area contributed by atoms with Crippen LogP contribution >= 0.6 is 0 Å². The Bertz CT molecular complexity index is 912. The largest absolute Gasteiger partial charge is 0.464 e. The van der Waals surface area contributed by atoms with Gasteiger partial charge in [0.15, 0.2) is 6.17 Å². The van der Waals surface area contributed by atoms with E-state index in [4.69, 9.17) is 9.57 Å². The molecule has 0 aromatic heterocycles. The Balaban J connectivity index is 5.03. The van der Waals surface area contributed by atoms with E-state index in [9.17, 15) is 9.59 Å². The second-order valence-corrected chi connectivity index (χ2v) is 19.4. The van der Waals surface area contributed by atoms with Crippen LogP contribution in [0, 0.1) is 5.92 Å². The average Bonchev–Trinajstić information content (AvgIpc) is 3.20. The fourth-order valence-electron chi connectivity index (χ4n) is 8.43. The van der Waals surface area contributed by atoms with E-state index in [1.165, 1.54) is 128 Å². The molecule has 0 radical (unpaired) electrons. The SMILES string of the molecule is CCCCCCCCCCON(C(=O)CCC[N+](C)(C)C)C(CCCCCCCCC)CCCCCCCOC(=O)C(F)CC(CCCCCC)CCCCCCCC. The minimum absolute atomic E-state index is 0.121. The summed E-state index contributed by atoms with van der Waals surface area (Å²) >= 11 is 0. The summed E-state index contributed by atoms with van der Waals surface area (Å²) in [7, 11) is 6.57. The molecule has 6 nitrogen and oxygen atoms in total. The first kappa shape index (κ1) is 57.8. The topological polar surface area (TPSA) is 55.8 Å². The lowest BCUT2D eigenvalue weighted by atomic mass is 9.90. The van der Waals surface area contributed by atoms with Crippen LogP contribution in [0.4, 0.5) is 4.39 Å². The number of halogens is 1. The molecule has 0 N–H and O–H groups in total. The van der Waals surface area contributed by atoms with Crippen LogP contribution in [0.2, 0.25) is 0 Å². The Labute approximate surface area is 368 Å². The number of alkyl halides is 1. The quantitative estimate of drug-likeness (QED) is 0.0265. The summed E-state index contributed by atoms with van der Waals surface area (Å²) in [5.41, 5.74) is 0. The third-order valence-corrected chi connectivity index (χ3v) is 12.3. The molecule has 59 heavy (non-hydrogen) atoms. The zero-order chi connectivity index (χ0) is 43.7. The molecule has 0 aromatic rings. The van der Waals surface area contributed by atoms with Crippen LogP contribution in [0.1, 0.15) is 265 Å². The molecule has 0 aliphatic carbocycles. The van der Waals surface area contributed by atoms with Crippen LogP contribution in [0.15, 0.2) is 0 Å². The summed E-state index contributed by atoms with van der Waals surface area (Å²) in [6.07, 6.45) is 40.3. The Morgan fingerprint density at radius 1 is 0.492 bits per heavy atom. The molecule has 0 fully saturated rings. The van der Waals surface area contributed by atoms with Crippen molar-refractivity contribution in [2.45, 2.75) is 277 Å². The number of ether oxygens (including phenoxy) is 1. The molecule has 1 amide bonds. The van der Waals surface area contributed by atoms with E-state index in [-0.39, 0.29) is 17.9 Å². The Morgan fingerprint density at radius 3 is 1.31 bits per heavy atom. The van der Waals surface area contributed by atoms with E-state index in [1.807, 2.05) is 5.06 Å². The molecule has 0 aliphatic rings. The molecule has 7 heteroatoms. The van der Waals surface area contributed by atoms with E-state index in [2.05, 4.69) is 48.8 Å². The van der Waals surface area contributed by atoms with E-state index in [1.54, 1.807) is 0 Å². The summed E-state index contributed by atoms with van der Waals surface area (Å²) in [6, 6.07) is 0.121. The number of quaternary nitrogens is 1. The van der Waals surface area contributed by atoms with Gasteiger partial charge in [0.05, 0.1) is 46.9 Å². The number of hydrogen-bond donors (Lipinski definition) is 0. The number of rotatable bonds is 46. The molecule has 3 atom stereocenters. The van der Waals surface area contributed by atoms with Crippen LogP contribution in [-0.2, 0) is 19.2 Å². The first-order valence-electron chi connectivity index (χ1n) is 26.2. The van der Waals surface area contributed by atoms with Crippen molar-refractivity contribution in [2.75, 3.05) is 40.9 Å². The molecule has 0 saturated carbocycles. The minimum atomic E-state index is -1.50. The van der Waals surface area contributed by atoms with Crippen LogP contribution in [0.25, 0.3) is 0 Å². The summed E-state index contributed by atoms with van der Waals surface area (Å²) < 4.78 is 21.5. The van der Waals surface area contributed by atoms with Crippen molar-refractivity contribution in [3.63, 3.8) is 0 Å². The van der Waals surface area contributed by atoms with Crippen LogP contribution < -0.4 is 0 Å². The Kier molecular flexibility index (Phi) is 41.2. The van der Waals surface area contributed by atoms with Crippen molar-refractivity contribution in [3.8, 4) is 0 Å². The highest BCUT2D eigenvalue weighted by molar-refractivity contribution is 5.75. The smallest absolute Gasteiger partial charge is 0.340 e. The maximum absolute atomic E-state index is 15.1. The maximum atomic E-state index is 15.1. The third-order valence-electron chi connectivity index (χ3n) is 12.3. The first-order chi connectivity index (χ1) is 28.6. The van der Waals surface area contributed by atoms with E-state index < -0.39 is 12.1 Å². The number of amides is 1. The lowest BCUT2D eigenvalue weighted by molar-refractivity contribution is -0.870. The minimum Gasteiger partial charge on any atom is -0.464 e. The second kappa shape index (κ2) is 42.1. The molecule has 0 rings (SSSR count). The van der Waals surface area contributed by atoms with Crippen LogP contribution in [0.5, 0.6) is 0 Å². The lowest BCUT2D eigenvalue weighted by Crippen LogP contribution is -2.41. The number of unbranched alkanes of at least 4 members (excludes halogenated alkanes) is 25. The molecular formula is C52H104FN2O4+. The molecular weight excluding hydrogens is 736 g/mol. The van der Waals surface area contributed by atoms with E-state index in [0.717, 1.165) is 107 Å². The van der Waals surface area contributed by atoms with Crippen molar-refractivity contribution in [3.05, 3.63) is 0 Å². The number of nitrogens with zero attached hydrogens (tertiary/aromatic N) is 2. The van der Waals surface area contributed by atoms with Crippen molar-refractivity contribution in [1.29, 1.82) is 0 Å². The molecule has 0 aliphatic heterocycles. The zero-order valence-corrected chi connectivity index (χ0v) is 40.9. The van der Waals surface area contributed by atoms with E-state index >= 15 is 4.39 Å². The van der Waals surface area contributed by atoms with Gasteiger partial charge in [-0.05, 0) is 38.0 Å². The molecule has 0 aromatic carbocycles. The number of hydrogen-bond acceptors (Lipinski definition) is 4. The van der Waals surface area contributed by atoms with Gasteiger partial charge in [-0.3, -0.25) is 9.63 Å². The molecule has 352 valence electrons. The standard InChI is InChI=1S/C52H104FN2O4/c1-8-12-16-20-23-25-31-37-46-59-54(51(56)43-38-44-55(5,6)7)49(41-34-28-24-21-17-13-9-2)42-35-29-26-30-36-45-58-52(57)50(53)47-48(39-32-19-15-11-4)40-33-27-22-18-14-10-3/h48-50H,8-47H2,1-7H3/q+1. The molecule has 0 saturated heterocycles. The van der Waals surface area contributed by atoms with Gasteiger partial charge in [-0.25, -0.2) is 14.2 Å². The van der Waals surface area contributed by atoms with Crippen molar-refractivity contribution in [1.82, 2.24) is 5.06 Å². The average molecular weight is 840 g/mol. The highest BCUT2D eigenvalue weighted by Crippen LogP contribution is 2.26. The zero-order valence-electron chi connectivity index (χ0n) is 40.9. The van der Waals surface area contributed by atoms with Gasteiger partial charge in [-0.2, -0.15) is 0 Å². The highest BCUT2D eigenvalue weighted by atomic mass is 19.1. The number of carbonyl (C=O) groups excluding carboxylic acids is 2. The fourth-order valence-corrected chi connectivity index (χ4v) is 8.43. The van der Waals surface area contributed by atoms with Gasteiger partial charge >= 0.3 is 5.97 Å². The number of carbonyl (C=O) groups is 2. The van der Waals surface area contributed by atoms with Crippen molar-refractivity contribution in [2.24, 2.45) is 5.92 Å². The van der Waals surface area contributed by atoms with Gasteiger partial charge in [0.1, 0.15) is 0 Å². The van der Waals surface area contributed by atoms with Crippen molar-refractivity contribution >= 4 is 11.9 Å². The highest BCUT2D eigenvalue weighted by Gasteiger charge is 2.26. The van der Waals surface area contributed by atoms with Crippen LogP contribution in [-0.4, -0.2) is 74.5 Å². The maximum Gasteiger partial charge on any atom is 0.340 e. The van der Waals surface area contributed by atoms with Crippen LogP contribution in [0.3, 0.4) is 0 Å². The molecule has 3 unspecified atom stereocenters. The predicted octanol–water partition coefficient (Wildman–Crippen LogP) is 15.8.